The van der Waals surface area contributed by atoms with Crippen molar-refractivity contribution in [2.24, 2.45) is 0 Å². The highest BCUT2D eigenvalue weighted by atomic mass is 79.9. The number of aryl methyl sites for hydroxylation is 1. The molecule has 1 saturated heterocycles. The molecule has 0 bridgehead atoms. The molecular formula is C21H20BrNO3S. The molecule has 0 radical (unpaired) electrons. The van der Waals surface area contributed by atoms with E-state index in [9.17, 15) is 9.59 Å². The third-order valence-electron chi connectivity index (χ3n) is 3.91. The van der Waals surface area contributed by atoms with E-state index in [1.807, 2.05) is 63.2 Å². The molecule has 0 N–H and O–H groups in total. The summed E-state index contributed by atoms with van der Waals surface area (Å²) in [5, 5.41) is -0.244. The highest BCUT2D eigenvalue weighted by Crippen LogP contribution is 2.35. The average Bonchev–Trinajstić information content (AvgIpc) is 2.85. The van der Waals surface area contributed by atoms with Crippen molar-refractivity contribution in [3.63, 3.8) is 0 Å². The summed E-state index contributed by atoms with van der Waals surface area (Å²) < 4.78 is 6.51. The number of nitrogens with zero attached hydrogens (tertiary/aromatic N) is 1. The number of carbonyl (C=O) groups is 2. The Bertz CT molecular complexity index is 923. The normalized spacial score (nSPS) is 15.9. The summed E-state index contributed by atoms with van der Waals surface area (Å²) in [4.78, 5) is 26.7. The summed E-state index contributed by atoms with van der Waals surface area (Å²) in [5.41, 5.74) is 2.87. The monoisotopic (exact) mass is 445 g/mol. The summed E-state index contributed by atoms with van der Waals surface area (Å²) in [7, 11) is 0. The fourth-order valence-electron chi connectivity index (χ4n) is 2.74. The lowest BCUT2D eigenvalue weighted by atomic mass is 10.1. The molecule has 2 aromatic rings. The quantitative estimate of drug-likeness (QED) is 0.547. The first-order valence-electron chi connectivity index (χ1n) is 8.60. The van der Waals surface area contributed by atoms with E-state index in [0.29, 0.717) is 4.91 Å². The lowest BCUT2D eigenvalue weighted by Crippen LogP contribution is -2.27. The van der Waals surface area contributed by atoms with Crippen LogP contribution in [-0.2, 0) is 11.3 Å². The fraction of sp³-hybridized carbons (Fsp3) is 0.238. The Balaban J connectivity index is 1.79. The molecular weight excluding hydrogens is 426 g/mol. The number of hydrogen-bond acceptors (Lipinski definition) is 4. The second-order valence-corrected chi connectivity index (χ2v) is 8.46. The van der Waals surface area contributed by atoms with Crippen LogP contribution in [0.15, 0.2) is 51.8 Å². The summed E-state index contributed by atoms with van der Waals surface area (Å²) in [6.07, 6.45) is 1.82. The second kappa shape index (κ2) is 8.31. The number of benzene rings is 2. The van der Waals surface area contributed by atoms with Gasteiger partial charge in [-0.1, -0.05) is 35.9 Å². The summed E-state index contributed by atoms with van der Waals surface area (Å²) in [6.45, 7) is 6.20. The van der Waals surface area contributed by atoms with Crippen LogP contribution >= 0.6 is 27.7 Å². The van der Waals surface area contributed by atoms with Crippen LogP contribution in [0.25, 0.3) is 6.08 Å². The van der Waals surface area contributed by atoms with E-state index in [4.69, 9.17) is 4.74 Å². The molecule has 3 rings (SSSR count). The summed E-state index contributed by atoms with van der Waals surface area (Å²) in [5.74, 6) is 0.486. The first-order valence-corrected chi connectivity index (χ1v) is 10.2. The minimum atomic E-state index is -0.259. The Labute approximate surface area is 171 Å². The molecule has 1 heterocycles. The topological polar surface area (TPSA) is 46.6 Å². The molecule has 4 nitrogen and oxygen atoms in total. The van der Waals surface area contributed by atoms with Crippen molar-refractivity contribution in [1.82, 2.24) is 4.90 Å². The first kappa shape index (κ1) is 19.7. The molecule has 1 fully saturated rings. The van der Waals surface area contributed by atoms with Crippen LogP contribution in [0.2, 0.25) is 0 Å². The lowest BCUT2D eigenvalue weighted by Gasteiger charge is -2.13. The zero-order valence-electron chi connectivity index (χ0n) is 15.4. The Morgan fingerprint density at radius 2 is 1.96 bits per heavy atom. The molecule has 27 heavy (non-hydrogen) atoms. The Morgan fingerprint density at radius 3 is 2.63 bits per heavy atom. The van der Waals surface area contributed by atoms with Crippen LogP contribution in [0.3, 0.4) is 0 Å². The molecule has 0 unspecified atom stereocenters. The predicted octanol–water partition coefficient (Wildman–Crippen LogP) is 5.78. The number of imide groups is 1. The Hall–Kier alpha value is -2.05. The maximum Gasteiger partial charge on any atom is 0.293 e. The molecule has 1 aliphatic rings. The average molecular weight is 446 g/mol. The van der Waals surface area contributed by atoms with E-state index in [-0.39, 0.29) is 23.8 Å². The first-order chi connectivity index (χ1) is 12.8. The van der Waals surface area contributed by atoms with Gasteiger partial charge in [0.15, 0.2) is 0 Å². The molecule has 2 aromatic carbocycles. The highest BCUT2D eigenvalue weighted by molar-refractivity contribution is 9.10. The maximum atomic E-state index is 12.7. The fourth-order valence-corrected chi connectivity index (χ4v) is 4.07. The van der Waals surface area contributed by atoms with Crippen LogP contribution in [0.4, 0.5) is 4.79 Å². The Kier molecular flexibility index (Phi) is 6.07. The van der Waals surface area contributed by atoms with Crippen molar-refractivity contribution in [3.05, 3.63) is 68.5 Å². The SMILES string of the molecule is Cc1cccc(CN2C(=O)S/C(=C\c3ccc(OC(C)C)c(Br)c3)C2=O)c1. The van der Waals surface area contributed by atoms with Crippen LogP contribution in [0.1, 0.15) is 30.5 Å². The van der Waals surface area contributed by atoms with Crippen molar-refractivity contribution < 1.29 is 14.3 Å². The second-order valence-electron chi connectivity index (χ2n) is 6.61. The summed E-state index contributed by atoms with van der Waals surface area (Å²) in [6, 6.07) is 13.4. The largest absolute Gasteiger partial charge is 0.490 e. The van der Waals surface area contributed by atoms with Gasteiger partial charge in [-0.3, -0.25) is 14.5 Å². The van der Waals surface area contributed by atoms with Crippen LogP contribution in [0.5, 0.6) is 5.75 Å². The number of ether oxygens (including phenoxy) is 1. The number of carbonyl (C=O) groups excluding carboxylic acids is 2. The number of rotatable bonds is 5. The maximum absolute atomic E-state index is 12.7. The van der Waals surface area contributed by atoms with Gasteiger partial charge in [0.1, 0.15) is 5.75 Å². The molecule has 0 aliphatic carbocycles. The molecule has 1 aliphatic heterocycles. The van der Waals surface area contributed by atoms with Gasteiger partial charge < -0.3 is 4.74 Å². The van der Waals surface area contributed by atoms with Gasteiger partial charge in [0.2, 0.25) is 0 Å². The van der Waals surface area contributed by atoms with Crippen LogP contribution in [-0.4, -0.2) is 22.2 Å². The summed E-state index contributed by atoms with van der Waals surface area (Å²) >= 11 is 4.46. The molecule has 0 saturated carbocycles. The molecule has 0 spiro atoms. The van der Waals surface area contributed by atoms with Gasteiger partial charge in [-0.25, -0.2) is 0 Å². The van der Waals surface area contributed by atoms with Gasteiger partial charge >= 0.3 is 0 Å². The van der Waals surface area contributed by atoms with Gasteiger partial charge in [0.05, 0.1) is 22.0 Å². The standard InChI is InChI=1S/C21H20BrNO3S/c1-13(2)26-18-8-7-15(10-17(18)22)11-19-20(24)23(21(25)27-19)12-16-6-4-5-14(3)9-16/h4-11,13H,12H2,1-3H3/b19-11-. The molecule has 0 atom stereocenters. The van der Waals surface area contributed by atoms with Crippen molar-refractivity contribution in [2.45, 2.75) is 33.4 Å². The number of hydrogen-bond donors (Lipinski definition) is 0. The highest BCUT2D eigenvalue weighted by Gasteiger charge is 2.35. The zero-order chi connectivity index (χ0) is 19.6. The smallest absolute Gasteiger partial charge is 0.293 e. The van der Waals surface area contributed by atoms with Gasteiger partial charge in [-0.15, -0.1) is 0 Å². The number of halogens is 1. The number of amides is 2. The van der Waals surface area contributed by atoms with E-state index in [1.54, 1.807) is 6.08 Å². The van der Waals surface area contributed by atoms with E-state index in [0.717, 1.165) is 38.7 Å². The minimum absolute atomic E-state index is 0.0743. The van der Waals surface area contributed by atoms with Crippen molar-refractivity contribution >= 4 is 44.9 Å². The minimum Gasteiger partial charge on any atom is -0.490 e. The number of thioether (sulfide) groups is 1. The van der Waals surface area contributed by atoms with Gasteiger partial charge in [0.25, 0.3) is 11.1 Å². The molecule has 0 aromatic heterocycles. The van der Waals surface area contributed by atoms with Crippen molar-refractivity contribution in [3.8, 4) is 5.75 Å². The zero-order valence-corrected chi connectivity index (χ0v) is 17.8. The van der Waals surface area contributed by atoms with Gasteiger partial charge in [-0.05, 0) is 77.8 Å². The van der Waals surface area contributed by atoms with Crippen molar-refractivity contribution in [1.29, 1.82) is 0 Å². The Morgan fingerprint density at radius 1 is 1.19 bits per heavy atom. The van der Waals surface area contributed by atoms with E-state index in [1.165, 1.54) is 4.90 Å². The van der Waals surface area contributed by atoms with Crippen LogP contribution < -0.4 is 4.74 Å². The molecule has 2 amide bonds. The van der Waals surface area contributed by atoms with Gasteiger partial charge in [-0.2, -0.15) is 0 Å². The van der Waals surface area contributed by atoms with Gasteiger partial charge in [0, 0.05) is 0 Å². The lowest BCUT2D eigenvalue weighted by molar-refractivity contribution is -0.123. The predicted molar refractivity (Wildman–Crippen MR) is 113 cm³/mol. The third kappa shape index (κ3) is 4.82. The van der Waals surface area contributed by atoms with E-state index < -0.39 is 0 Å². The van der Waals surface area contributed by atoms with E-state index in [2.05, 4.69) is 15.9 Å². The molecule has 140 valence electrons. The third-order valence-corrected chi connectivity index (χ3v) is 5.44. The van der Waals surface area contributed by atoms with E-state index >= 15 is 0 Å². The van der Waals surface area contributed by atoms with Crippen molar-refractivity contribution in [2.75, 3.05) is 0 Å². The van der Waals surface area contributed by atoms with Crippen LogP contribution in [0, 0.1) is 6.92 Å². The molecule has 6 heteroatoms.